The summed E-state index contributed by atoms with van der Waals surface area (Å²) in [4.78, 5) is 10.3. The fraction of sp³-hybridized carbons (Fsp3) is 0. The van der Waals surface area contributed by atoms with Crippen molar-refractivity contribution in [3.05, 3.63) is 40.4 Å². The molecule has 0 aliphatic heterocycles. The molecular weight excluding hydrogens is 204 g/mol. The van der Waals surface area contributed by atoms with E-state index in [9.17, 15) is 4.79 Å². The van der Waals surface area contributed by atoms with Gasteiger partial charge in [0.2, 0.25) is 0 Å². The summed E-state index contributed by atoms with van der Waals surface area (Å²) in [6.45, 7) is 0. The zero-order valence-electron chi connectivity index (χ0n) is 6.75. The van der Waals surface area contributed by atoms with Gasteiger partial charge in [0.15, 0.2) is 0 Å². The topological polar surface area (TPSA) is 17.1 Å². The van der Waals surface area contributed by atoms with Crippen LogP contribution in [0.2, 0.25) is 0 Å². The maximum Gasteiger partial charge on any atom is 0.142 e. The molecule has 1 rings (SSSR count). The van der Waals surface area contributed by atoms with Crippen LogP contribution in [0.3, 0.4) is 0 Å². The van der Waals surface area contributed by atoms with E-state index in [0.29, 0.717) is 0 Å². The van der Waals surface area contributed by atoms with Gasteiger partial charge in [0.25, 0.3) is 0 Å². The Hall–Kier alpha value is -0.890. The molecule has 1 nitrogen and oxygen atoms in total. The van der Waals surface area contributed by atoms with Crippen LogP contribution >= 0.6 is 15.9 Å². The number of hydrogen-bond donors (Lipinski definition) is 0. The Balaban J connectivity index is 2.77. The molecule has 0 aromatic heterocycles. The maximum absolute atomic E-state index is 10.3. The molecule has 11 heavy (non-hydrogen) atoms. The van der Waals surface area contributed by atoms with Gasteiger partial charge in [-0.3, -0.25) is 4.79 Å². The minimum atomic E-state index is -0.682. The van der Waals surface area contributed by atoms with E-state index in [4.69, 9.17) is 1.37 Å². The van der Waals surface area contributed by atoms with Gasteiger partial charge in [0, 0.05) is 4.47 Å². The summed E-state index contributed by atoms with van der Waals surface area (Å²) in [6.07, 6.45) is 2.16. The molecule has 1 aromatic rings. The molecule has 56 valence electrons. The molecule has 0 amide bonds. The first-order valence-corrected chi connectivity index (χ1v) is 3.92. The van der Waals surface area contributed by atoms with Crippen LogP contribution in [0.25, 0.3) is 6.08 Å². The lowest BCUT2D eigenvalue weighted by Crippen LogP contribution is -1.70. The Morgan fingerprint density at radius 1 is 1.36 bits per heavy atom. The van der Waals surface area contributed by atoms with Crippen LogP contribution < -0.4 is 0 Å². The van der Waals surface area contributed by atoms with Crippen molar-refractivity contribution in [2.24, 2.45) is 0 Å². The number of aldehydes is 1. The normalized spacial score (nSPS) is 11.5. The van der Waals surface area contributed by atoms with Gasteiger partial charge in [-0.25, -0.2) is 0 Å². The van der Waals surface area contributed by atoms with Crippen molar-refractivity contribution >= 4 is 28.3 Å². The second kappa shape index (κ2) is 4.09. The van der Waals surface area contributed by atoms with Gasteiger partial charge < -0.3 is 0 Å². The lowest BCUT2D eigenvalue weighted by Gasteiger charge is -1.91. The Morgan fingerprint density at radius 2 is 2.00 bits per heavy atom. The number of rotatable bonds is 2. The summed E-state index contributed by atoms with van der Waals surface area (Å²) in [6, 6.07) is 7.50. The number of carbonyl (C=O) groups excluding carboxylic acids is 1. The van der Waals surface area contributed by atoms with E-state index in [2.05, 4.69) is 15.9 Å². The van der Waals surface area contributed by atoms with E-state index < -0.39 is 6.26 Å². The van der Waals surface area contributed by atoms with Crippen LogP contribution in [-0.2, 0) is 4.79 Å². The molecule has 0 spiro atoms. The smallest absolute Gasteiger partial charge is 0.142 e. The Labute approximate surface area is 75.3 Å². The van der Waals surface area contributed by atoms with Crippen molar-refractivity contribution in [1.29, 1.82) is 0 Å². The fourth-order valence-corrected chi connectivity index (χ4v) is 0.968. The minimum Gasteiger partial charge on any atom is -0.299 e. The first-order valence-electron chi connectivity index (χ1n) is 3.63. The van der Waals surface area contributed by atoms with Gasteiger partial charge >= 0.3 is 0 Å². The molecule has 0 radical (unpaired) electrons. The van der Waals surface area contributed by atoms with Gasteiger partial charge in [-0.1, -0.05) is 34.1 Å². The molecule has 0 fully saturated rings. The highest BCUT2D eigenvalue weighted by atomic mass is 79.9. The third-order valence-electron chi connectivity index (χ3n) is 1.21. The van der Waals surface area contributed by atoms with Crippen LogP contribution in [0.4, 0.5) is 0 Å². The SMILES string of the molecule is [2H]C(=O)/C=C/c1ccc(Br)cc1. The van der Waals surface area contributed by atoms with Crippen LogP contribution in [0, 0.1) is 0 Å². The summed E-state index contributed by atoms with van der Waals surface area (Å²) in [5.41, 5.74) is 0.916. The third-order valence-corrected chi connectivity index (χ3v) is 1.74. The van der Waals surface area contributed by atoms with Crippen molar-refractivity contribution in [1.82, 2.24) is 0 Å². The molecule has 0 aliphatic rings. The van der Waals surface area contributed by atoms with Crippen molar-refractivity contribution in [3.63, 3.8) is 0 Å². The predicted octanol–water partition coefficient (Wildman–Crippen LogP) is 2.66. The monoisotopic (exact) mass is 211 g/mol. The molecule has 0 N–H and O–H groups in total. The quantitative estimate of drug-likeness (QED) is 0.544. The molecule has 0 bridgehead atoms. The van der Waals surface area contributed by atoms with E-state index in [1.54, 1.807) is 6.08 Å². The van der Waals surface area contributed by atoms with Gasteiger partial charge in [0.05, 0.1) is 0 Å². The lowest BCUT2D eigenvalue weighted by molar-refractivity contribution is -0.104. The van der Waals surface area contributed by atoms with Crippen LogP contribution in [0.15, 0.2) is 34.8 Å². The molecular formula is C9H7BrO. The van der Waals surface area contributed by atoms with Crippen molar-refractivity contribution in [2.75, 3.05) is 0 Å². The van der Waals surface area contributed by atoms with Crippen molar-refractivity contribution < 1.29 is 6.17 Å². The Bertz CT molecular complexity index is 303. The van der Waals surface area contributed by atoms with E-state index >= 15 is 0 Å². The van der Waals surface area contributed by atoms with Crippen LogP contribution in [0.5, 0.6) is 0 Å². The first kappa shape index (κ1) is 6.80. The number of carbonyl (C=O) groups is 1. The first-order chi connectivity index (χ1) is 5.68. The molecule has 0 atom stereocenters. The maximum atomic E-state index is 10.3. The molecule has 0 heterocycles. The number of allylic oxidation sites excluding steroid dienone is 1. The van der Waals surface area contributed by atoms with Gasteiger partial charge in [-0.2, -0.15) is 0 Å². The summed E-state index contributed by atoms with van der Waals surface area (Å²) in [5, 5.41) is 0. The number of hydrogen-bond acceptors (Lipinski definition) is 1. The fourth-order valence-electron chi connectivity index (χ4n) is 0.704. The zero-order valence-corrected chi connectivity index (χ0v) is 7.34. The average Bonchev–Trinajstić information content (AvgIpc) is 2.03. The van der Waals surface area contributed by atoms with E-state index in [0.717, 1.165) is 10.0 Å². The predicted molar refractivity (Wildman–Crippen MR) is 49.2 cm³/mol. The highest BCUT2D eigenvalue weighted by Gasteiger charge is 1.85. The summed E-state index contributed by atoms with van der Waals surface area (Å²) in [5.74, 6) is 0. The molecule has 0 saturated carbocycles. The highest BCUT2D eigenvalue weighted by Crippen LogP contribution is 2.10. The van der Waals surface area contributed by atoms with Crippen LogP contribution in [-0.4, -0.2) is 6.26 Å². The molecule has 2 heteroatoms. The molecule has 0 saturated heterocycles. The average molecular weight is 212 g/mol. The van der Waals surface area contributed by atoms with Gasteiger partial charge in [-0.05, 0) is 23.8 Å². The standard InChI is InChI=1S/C9H7BrO/c10-9-5-3-8(4-6-9)2-1-7-11/h1-7H/b2-1+/i7D. The second-order valence-corrected chi connectivity index (χ2v) is 2.92. The lowest BCUT2D eigenvalue weighted by atomic mass is 10.2. The van der Waals surface area contributed by atoms with Crippen molar-refractivity contribution in [2.45, 2.75) is 0 Å². The second-order valence-electron chi connectivity index (χ2n) is 2.00. The minimum absolute atomic E-state index is 0.682. The van der Waals surface area contributed by atoms with Gasteiger partial charge in [-0.15, -0.1) is 0 Å². The third kappa shape index (κ3) is 2.68. The van der Waals surface area contributed by atoms with E-state index in [1.165, 1.54) is 6.08 Å². The Kier molecular flexibility index (Phi) is 2.52. The summed E-state index contributed by atoms with van der Waals surface area (Å²) >= 11 is 3.30. The molecule has 1 aromatic carbocycles. The number of halogens is 1. The zero-order chi connectivity index (χ0) is 8.97. The highest BCUT2D eigenvalue weighted by molar-refractivity contribution is 9.10. The van der Waals surface area contributed by atoms with Crippen LogP contribution in [0.1, 0.15) is 6.93 Å². The Morgan fingerprint density at radius 3 is 2.55 bits per heavy atom. The number of benzene rings is 1. The van der Waals surface area contributed by atoms with Gasteiger partial charge in [0.1, 0.15) is 7.63 Å². The molecule has 0 unspecified atom stereocenters. The molecule has 0 aliphatic carbocycles. The van der Waals surface area contributed by atoms with E-state index in [1.807, 2.05) is 24.3 Å². The summed E-state index contributed by atoms with van der Waals surface area (Å²) in [7, 11) is 0. The van der Waals surface area contributed by atoms with Crippen molar-refractivity contribution in [3.8, 4) is 0 Å². The summed E-state index contributed by atoms with van der Waals surface area (Å²) < 4.78 is 7.63. The van der Waals surface area contributed by atoms with E-state index in [-0.39, 0.29) is 0 Å². The largest absolute Gasteiger partial charge is 0.299 e.